The average molecular weight is 471 g/mol. The number of sulfonamides is 1. The molecule has 0 saturated heterocycles. The van der Waals surface area contributed by atoms with E-state index in [1.165, 1.54) is 26.4 Å². The van der Waals surface area contributed by atoms with Crippen LogP contribution in [0.15, 0.2) is 18.2 Å². The lowest BCUT2D eigenvalue weighted by molar-refractivity contribution is -0.138. The number of amides is 1. The Labute approximate surface area is 175 Å². The van der Waals surface area contributed by atoms with Crippen LogP contribution >= 0.6 is 15.9 Å². The molecule has 4 saturated carbocycles. The minimum absolute atomic E-state index is 0.0201. The first-order chi connectivity index (χ1) is 13.2. The van der Waals surface area contributed by atoms with Gasteiger partial charge < -0.3 is 10.1 Å². The number of carbonyl (C=O) groups is 1. The van der Waals surface area contributed by atoms with E-state index in [1.54, 1.807) is 25.1 Å². The van der Waals surface area contributed by atoms with Crippen molar-refractivity contribution >= 4 is 43.2 Å². The van der Waals surface area contributed by atoms with E-state index in [9.17, 15) is 13.2 Å². The maximum atomic E-state index is 13.3. The molecule has 4 aliphatic carbocycles. The third-order valence-electron chi connectivity index (χ3n) is 6.58. The number of hydrogen-bond acceptors (Lipinski definition) is 4. The SMILES string of the molecule is CCS(=O)(=O)Nc1ccc(NC(=O)C23CC4CC(CC(Br)(C4)C2)C3)cc1OC. The average Bonchev–Trinajstić information content (AvgIpc) is 2.60. The van der Waals surface area contributed by atoms with Crippen LogP contribution < -0.4 is 14.8 Å². The quantitative estimate of drug-likeness (QED) is 0.612. The molecule has 0 radical (unpaired) electrons. The Balaban J connectivity index is 1.54. The molecule has 4 aliphatic rings. The van der Waals surface area contributed by atoms with Gasteiger partial charge in [0.2, 0.25) is 15.9 Å². The van der Waals surface area contributed by atoms with E-state index in [0.717, 1.165) is 19.3 Å². The predicted molar refractivity (Wildman–Crippen MR) is 113 cm³/mol. The number of hydrogen-bond donors (Lipinski definition) is 2. The number of nitrogens with one attached hydrogen (secondary N) is 2. The van der Waals surface area contributed by atoms with Crippen molar-refractivity contribution in [2.45, 2.75) is 49.8 Å². The summed E-state index contributed by atoms with van der Waals surface area (Å²) < 4.78 is 31.7. The highest BCUT2D eigenvalue weighted by Crippen LogP contribution is 2.64. The summed E-state index contributed by atoms with van der Waals surface area (Å²) in [6.07, 6.45) is 6.44. The van der Waals surface area contributed by atoms with E-state index < -0.39 is 10.0 Å². The van der Waals surface area contributed by atoms with Gasteiger partial charge >= 0.3 is 0 Å². The standard InChI is InChI=1S/C20H27BrN2O4S/c1-3-28(25,26)23-16-5-4-15(7-17(16)27-2)22-18(24)19-8-13-6-14(9-19)11-20(21,10-13)12-19/h4-5,7,13-14,23H,3,6,8-12H2,1-2H3,(H,22,24). The van der Waals surface area contributed by atoms with Crippen molar-refractivity contribution in [2.75, 3.05) is 22.9 Å². The van der Waals surface area contributed by atoms with E-state index in [1.807, 2.05) is 0 Å². The molecule has 0 heterocycles. The number of carbonyl (C=O) groups excluding carboxylic acids is 1. The Bertz CT molecular complexity index is 887. The van der Waals surface area contributed by atoms with Crippen LogP contribution in [0.4, 0.5) is 11.4 Å². The van der Waals surface area contributed by atoms with Crippen LogP contribution in [0.1, 0.15) is 45.4 Å². The molecule has 8 heteroatoms. The zero-order valence-electron chi connectivity index (χ0n) is 16.3. The van der Waals surface area contributed by atoms with Gasteiger partial charge in [-0.2, -0.15) is 0 Å². The first kappa shape index (κ1) is 20.0. The fraction of sp³-hybridized carbons (Fsp3) is 0.650. The Morgan fingerprint density at radius 3 is 2.50 bits per heavy atom. The van der Waals surface area contributed by atoms with Gasteiger partial charge in [0, 0.05) is 16.1 Å². The number of benzene rings is 1. The zero-order valence-corrected chi connectivity index (χ0v) is 18.7. The van der Waals surface area contributed by atoms with Crippen LogP contribution in [-0.2, 0) is 14.8 Å². The minimum Gasteiger partial charge on any atom is -0.494 e. The number of alkyl halides is 1. The van der Waals surface area contributed by atoms with Gasteiger partial charge in [-0.05, 0) is 69.4 Å². The summed E-state index contributed by atoms with van der Waals surface area (Å²) >= 11 is 3.95. The van der Waals surface area contributed by atoms with Crippen molar-refractivity contribution < 1.29 is 17.9 Å². The molecule has 154 valence electrons. The number of methoxy groups -OCH3 is 1. The van der Waals surface area contributed by atoms with Gasteiger partial charge in [-0.3, -0.25) is 9.52 Å². The predicted octanol–water partition coefficient (Wildman–Crippen LogP) is 4.13. The van der Waals surface area contributed by atoms with Crippen molar-refractivity contribution in [2.24, 2.45) is 17.3 Å². The van der Waals surface area contributed by atoms with E-state index in [-0.39, 0.29) is 21.4 Å². The van der Waals surface area contributed by atoms with Crippen molar-refractivity contribution in [3.8, 4) is 5.75 Å². The third-order valence-corrected chi connectivity index (χ3v) is 8.80. The van der Waals surface area contributed by atoms with Gasteiger partial charge in [-0.25, -0.2) is 8.42 Å². The molecule has 1 aromatic rings. The molecule has 6 nitrogen and oxygen atoms in total. The summed E-state index contributed by atoms with van der Waals surface area (Å²) in [5.74, 6) is 1.71. The van der Waals surface area contributed by atoms with Gasteiger partial charge in [0.15, 0.2) is 0 Å². The first-order valence-electron chi connectivity index (χ1n) is 9.85. The van der Waals surface area contributed by atoms with Crippen LogP contribution in [0.3, 0.4) is 0 Å². The number of halogens is 1. The molecule has 5 rings (SSSR count). The highest BCUT2D eigenvalue weighted by Gasteiger charge is 2.59. The normalized spacial score (nSPS) is 33.5. The molecular weight excluding hydrogens is 444 g/mol. The van der Waals surface area contributed by atoms with E-state index in [4.69, 9.17) is 4.74 Å². The van der Waals surface area contributed by atoms with Crippen LogP contribution in [0, 0.1) is 17.3 Å². The smallest absolute Gasteiger partial charge is 0.232 e. The molecule has 0 aromatic heterocycles. The fourth-order valence-corrected chi connectivity index (χ4v) is 7.87. The van der Waals surface area contributed by atoms with Crippen LogP contribution in [0.25, 0.3) is 0 Å². The van der Waals surface area contributed by atoms with Crippen LogP contribution in [-0.4, -0.2) is 31.5 Å². The lowest BCUT2D eigenvalue weighted by Gasteiger charge is -2.59. The molecular formula is C20H27BrN2O4S. The highest BCUT2D eigenvalue weighted by molar-refractivity contribution is 9.10. The summed E-state index contributed by atoms with van der Waals surface area (Å²) in [6.45, 7) is 1.57. The summed E-state index contributed by atoms with van der Waals surface area (Å²) in [7, 11) is -1.92. The molecule has 1 aromatic carbocycles. The summed E-state index contributed by atoms with van der Waals surface area (Å²) in [6, 6.07) is 5.03. The Morgan fingerprint density at radius 1 is 1.25 bits per heavy atom. The molecule has 4 bridgehead atoms. The highest BCUT2D eigenvalue weighted by atomic mass is 79.9. The van der Waals surface area contributed by atoms with Crippen molar-refractivity contribution in [1.82, 2.24) is 0 Å². The van der Waals surface area contributed by atoms with Gasteiger partial charge in [-0.1, -0.05) is 15.9 Å². The second-order valence-electron chi connectivity index (χ2n) is 8.77. The molecule has 2 atom stereocenters. The molecule has 1 amide bonds. The van der Waals surface area contributed by atoms with E-state index >= 15 is 0 Å². The summed E-state index contributed by atoms with van der Waals surface area (Å²) in [5.41, 5.74) is 0.695. The topological polar surface area (TPSA) is 84.5 Å². The largest absolute Gasteiger partial charge is 0.494 e. The van der Waals surface area contributed by atoms with Gasteiger partial charge in [0.05, 0.1) is 24.0 Å². The lowest BCUT2D eigenvalue weighted by atomic mass is 9.49. The molecule has 2 unspecified atom stereocenters. The van der Waals surface area contributed by atoms with Gasteiger partial charge in [0.25, 0.3) is 0 Å². The number of rotatable bonds is 6. The molecule has 28 heavy (non-hydrogen) atoms. The van der Waals surface area contributed by atoms with Gasteiger partial charge in [-0.15, -0.1) is 0 Å². The van der Waals surface area contributed by atoms with E-state index in [0.29, 0.717) is 29.0 Å². The lowest BCUT2D eigenvalue weighted by Crippen LogP contribution is -2.57. The summed E-state index contributed by atoms with van der Waals surface area (Å²) in [5, 5.41) is 3.08. The van der Waals surface area contributed by atoms with E-state index in [2.05, 4.69) is 26.0 Å². The van der Waals surface area contributed by atoms with Crippen molar-refractivity contribution in [3.63, 3.8) is 0 Å². The zero-order chi connectivity index (χ0) is 20.2. The van der Waals surface area contributed by atoms with Crippen molar-refractivity contribution in [1.29, 1.82) is 0 Å². The fourth-order valence-electron chi connectivity index (χ4n) is 5.77. The monoisotopic (exact) mass is 470 g/mol. The maximum Gasteiger partial charge on any atom is 0.232 e. The summed E-state index contributed by atoms with van der Waals surface area (Å²) in [4.78, 5) is 13.3. The van der Waals surface area contributed by atoms with Crippen LogP contribution in [0.2, 0.25) is 0 Å². The first-order valence-corrected chi connectivity index (χ1v) is 12.3. The van der Waals surface area contributed by atoms with Crippen LogP contribution in [0.5, 0.6) is 5.75 Å². The Morgan fingerprint density at radius 2 is 1.93 bits per heavy atom. The molecule has 4 fully saturated rings. The van der Waals surface area contributed by atoms with Crippen molar-refractivity contribution in [3.05, 3.63) is 18.2 Å². The number of ether oxygens (including phenoxy) is 1. The third kappa shape index (κ3) is 3.65. The molecule has 2 N–H and O–H groups in total. The number of anilines is 2. The minimum atomic E-state index is -3.40. The second-order valence-corrected chi connectivity index (χ2v) is 12.5. The maximum absolute atomic E-state index is 13.3. The Hall–Kier alpha value is -1.28. The second kappa shape index (κ2) is 6.90. The van der Waals surface area contributed by atoms with Gasteiger partial charge in [0.1, 0.15) is 5.75 Å². The molecule has 0 aliphatic heterocycles. The Kier molecular flexibility index (Phi) is 4.93. The molecule has 0 spiro atoms.